The Balaban J connectivity index is 1.76. The molecule has 0 bridgehead atoms. The van der Waals surface area contributed by atoms with Gasteiger partial charge < -0.3 is 9.88 Å². The van der Waals surface area contributed by atoms with Crippen LogP contribution in [0.25, 0.3) is 0 Å². The van der Waals surface area contributed by atoms with Crippen molar-refractivity contribution in [2.45, 2.75) is 45.2 Å². The smallest absolute Gasteiger partial charge is 0.255 e. The zero-order valence-corrected chi connectivity index (χ0v) is 11.5. The summed E-state index contributed by atoms with van der Waals surface area (Å²) in [5.74, 6) is 1.71. The zero-order chi connectivity index (χ0) is 13.9. The molecule has 1 aliphatic rings. The number of nitrogens with one attached hydrogen (secondary N) is 2. The predicted octanol–water partition coefficient (Wildman–Crippen LogP) is 1.22. The molecule has 1 amide bonds. The van der Waals surface area contributed by atoms with Crippen molar-refractivity contribution < 1.29 is 4.79 Å². The highest BCUT2D eigenvalue weighted by Gasteiger charge is 2.21. The lowest BCUT2D eigenvalue weighted by molar-refractivity contribution is 0.0937. The summed E-state index contributed by atoms with van der Waals surface area (Å²) < 4.78 is 2.15. The Morgan fingerprint density at radius 1 is 1.40 bits per heavy atom. The summed E-state index contributed by atoms with van der Waals surface area (Å²) in [7, 11) is 0. The quantitative estimate of drug-likeness (QED) is 0.880. The van der Waals surface area contributed by atoms with Gasteiger partial charge in [-0.3, -0.25) is 9.89 Å². The molecule has 0 saturated carbocycles. The molecule has 7 nitrogen and oxygen atoms in total. The van der Waals surface area contributed by atoms with Gasteiger partial charge in [0.25, 0.3) is 5.91 Å². The monoisotopic (exact) mass is 274 g/mol. The molecule has 1 aliphatic heterocycles. The van der Waals surface area contributed by atoms with E-state index in [1.807, 2.05) is 6.92 Å². The van der Waals surface area contributed by atoms with Crippen molar-refractivity contribution >= 4 is 5.91 Å². The number of fused-ring (bicyclic) bond motifs is 1. The van der Waals surface area contributed by atoms with Gasteiger partial charge in [-0.2, -0.15) is 5.10 Å². The number of aromatic nitrogens is 5. The number of H-pyrrole nitrogens is 1. The van der Waals surface area contributed by atoms with Crippen LogP contribution in [0.15, 0.2) is 12.4 Å². The minimum atomic E-state index is -0.170. The Bertz CT molecular complexity index is 588. The molecule has 2 N–H and O–H groups in total. The van der Waals surface area contributed by atoms with Gasteiger partial charge in [0.1, 0.15) is 5.82 Å². The maximum atomic E-state index is 12.0. The van der Waals surface area contributed by atoms with Crippen LogP contribution in [-0.4, -0.2) is 30.9 Å². The van der Waals surface area contributed by atoms with Crippen LogP contribution in [0.3, 0.4) is 0 Å². The Hall–Kier alpha value is -2.18. The van der Waals surface area contributed by atoms with Crippen molar-refractivity contribution in [3.05, 3.63) is 29.6 Å². The van der Waals surface area contributed by atoms with Crippen molar-refractivity contribution in [1.82, 2.24) is 30.3 Å². The number of hydrogen-bond donors (Lipinski definition) is 2. The van der Waals surface area contributed by atoms with E-state index < -0.39 is 0 Å². The molecule has 20 heavy (non-hydrogen) atoms. The SMILES string of the molecule is CC(NC(=O)c1cn[nH]c1)c1nnc2n1CCCCC2. The molecular weight excluding hydrogens is 256 g/mol. The van der Waals surface area contributed by atoms with E-state index in [4.69, 9.17) is 0 Å². The molecule has 106 valence electrons. The van der Waals surface area contributed by atoms with Crippen molar-refractivity contribution in [2.24, 2.45) is 0 Å². The van der Waals surface area contributed by atoms with Crippen LogP contribution in [0.5, 0.6) is 0 Å². The maximum Gasteiger partial charge on any atom is 0.255 e. The second-order valence-corrected chi connectivity index (χ2v) is 5.12. The molecule has 1 atom stereocenters. The largest absolute Gasteiger partial charge is 0.342 e. The van der Waals surface area contributed by atoms with Gasteiger partial charge >= 0.3 is 0 Å². The molecular formula is C13H18N6O. The summed E-state index contributed by atoms with van der Waals surface area (Å²) in [5.41, 5.74) is 0.521. The summed E-state index contributed by atoms with van der Waals surface area (Å²) >= 11 is 0. The highest BCUT2D eigenvalue weighted by atomic mass is 16.1. The van der Waals surface area contributed by atoms with E-state index in [1.54, 1.807) is 6.20 Å². The Morgan fingerprint density at radius 3 is 3.10 bits per heavy atom. The van der Waals surface area contributed by atoms with E-state index in [0.717, 1.165) is 37.5 Å². The van der Waals surface area contributed by atoms with Crippen LogP contribution in [0.4, 0.5) is 0 Å². The minimum absolute atomic E-state index is 0.155. The molecule has 0 radical (unpaired) electrons. The molecule has 7 heteroatoms. The van der Waals surface area contributed by atoms with E-state index in [1.165, 1.54) is 12.6 Å². The summed E-state index contributed by atoms with van der Waals surface area (Å²) in [4.78, 5) is 12.0. The second kappa shape index (κ2) is 5.44. The van der Waals surface area contributed by atoms with Gasteiger partial charge in [-0.15, -0.1) is 10.2 Å². The van der Waals surface area contributed by atoms with Gasteiger partial charge in [0.2, 0.25) is 0 Å². The van der Waals surface area contributed by atoms with Crippen LogP contribution in [0.2, 0.25) is 0 Å². The average molecular weight is 274 g/mol. The Morgan fingerprint density at radius 2 is 2.30 bits per heavy atom. The first-order chi connectivity index (χ1) is 9.75. The van der Waals surface area contributed by atoms with Crippen LogP contribution in [0, 0.1) is 0 Å². The summed E-state index contributed by atoms with van der Waals surface area (Å²) in [6.45, 7) is 2.86. The normalized spacial score (nSPS) is 16.2. The topological polar surface area (TPSA) is 88.5 Å². The van der Waals surface area contributed by atoms with Gasteiger partial charge in [0.05, 0.1) is 17.8 Å². The molecule has 0 saturated heterocycles. The molecule has 3 heterocycles. The number of nitrogens with zero attached hydrogens (tertiary/aromatic N) is 4. The summed E-state index contributed by atoms with van der Waals surface area (Å²) in [6.07, 6.45) is 7.57. The number of carbonyl (C=O) groups excluding carboxylic acids is 1. The third-order valence-electron chi connectivity index (χ3n) is 3.63. The van der Waals surface area contributed by atoms with Gasteiger partial charge in [-0.1, -0.05) is 6.42 Å². The first-order valence-electron chi connectivity index (χ1n) is 6.97. The van der Waals surface area contributed by atoms with Gasteiger partial charge in [0.15, 0.2) is 5.82 Å². The van der Waals surface area contributed by atoms with Crippen molar-refractivity contribution in [3.63, 3.8) is 0 Å². The fourth-order valence-electron chi connectivity index (χ4n) is 2.55. The third-order valence-corrected chi connectivity index (χ3v) is 3.63. The lowest BCUT2D eigenvalue weighted by atomic mass is 10.2. The van der Waals surface area contributed by atoms with Crippen LogP contribution < -0.4 is 5.32 Å². The molecule has 1 unspecified atom stereocenters. The Kier molecular flexibility index (Phi) is 3.49. The molecule has 2 aromatic rings. The van der Waals surface area contributed by atoms with E-state index >= 15 is 0 Å². The van der Waals surface area contributed by atoms with E-state index in [2.05, 4.69) is 30.3 Å². The fraction of sp³-hybridized carbons (Fsp3) is 0.538. The molecule has 0 fully saturated rings. The first kappa shape index (κ1) is 12.8. The van der Waals surface area contributed by atoms with Gasteiger partial charge in [-0.05, 0) is 19.8 Å². The van der Waals surface area contributed by atoms with Crippen LogP contribution >= 0.6 is 0 Å². The third kappa shape index (κ3) is 2.43. The number of rotatable bonds is 3. The number of amides is 1. The highest BCUT2D eigenvalue weighted by molar-refractivity contribution is 5.93. The molecule has 0 aromatic carbocycles. The molecule has 0 spiro atoms. The van der Waals surface area contributed by atoms with Crippen LogP contribution in [0.1, 0.15) is 54.2 Å². The standard InChI is InChI=1S/C13H18N6O/c1-9(16-13(20)10-7-14-15-8-10)12-18-17-11-5-3-2-4-6-19(11)12/h7-9H,2-6H2,1H3,(H,14,15)(H,16,20). The number of carbonyl (C=O) groups is 1. The van der Waals surface area contributed by atoms with Gasteiger partial charge in [0, 0.05) is 19.2 Å². The maximum absolute atomic E-state index is 12.0. The van der Waals surface area contributed by atoms with E-state index in [-0.39, 0.29) is 11.9 Å². The highest BCUT2D eigenvalue weighted by Crippen LogP contribution is 2.18. The van der Waals surface area contributed by atoms with Crippen molar-refractivity contribution in [3.8, 4) is 0 Å². The van der Waals surface area contributed by atoms with Gasteiger partial charge in [-0.25, -0.2) is 0 Å². The predicted molar refractivity (Wildman–Crippen MR) is 72.0 cm³/mol. The van der Waals surface area contributed by atoms with Crippen molar-refractivity contribution in [2.75, 3.05) is 0 Å². The van der Waals surface area contributed by atoms with Crippen molar-refractivity contribution in [1.29, 1.82) is 0 Å². The second-order valence-electron chi connectivity index (χ2n) is 5.12. The van der Waals surface area contributed by atoms with E-state index in [9.17, 15) is 4.79 Å². The van der Waals surface area contributed by atoms with E-state index in [0.29, 0.717) is 5.56 Å². The lowest BCUT2D eigenvalue weighted by Crippen LogP contribution is -2.28. The number of aromatic amines is 1. The minimum Gasteiger partial charge on any atom is -0.342 e. The lowest BCUT2D eigenvalue weighted by Gasteiger charge is -2.14. The summed E-state index contributed by atoms with van der Waals surface area (Å²) in [5, 5.41) is 17.8. The first-order valence-corrected chi connectivity index (χ1v) is 6.97. The number of hydrogen-bond acceptors (Lipinski definition) is 4. The molecule has 3 rings (SSSR count). The fourth-order valence-corrected chi connectivity index (χ4v) is 2.55. The zero-order valence-electron chi connectivity index (χ0n) is 11.5. The molecule has 0 aliphatic carbocycles. The average Bonchev–Trinajstić information content (AvgIpc) is 3.04. The Labute approximate surface area is 116 Å². The molecule has 2 aromatic heterocycles. The number of aryl methyl sites for hydroxylation is 1. The van der Waals surface area contributed by atoms with Crippen LogP contribution in [-0.2, 0) is 13.0 Å². The summed E-state index contributed by atoms with van der Waals surface area (Å²) in [6, 6.07) is -0.170.